The number of methoxy groups -OCH3 is 1. The lowest BCUT2D eigenvalue weighted by Crippen LogP contribution is -2.19. The van der Waals surface area contributed by atoms with Crippen LogP contribution in [0.15, 0.2) is 73.6 Å². The number of benzene rings is 3. The lowest BCUT2D eigenvalue weighted by molar-refractivity contribution is -0.137. The van der Waals surface area contributed by atoms with E-state index in [1.807, 2.05) is 0 Å². The van der Waals surface area contributed by atoms with E-state index in [1.54, 1.807) is 31.4 Å². The largest absolute Gasteiger partial charge is 0.491 e. The maximum Gasteiger partial charge on any atom is 0.417 e. The van der Waals surface area contributed by atoms with Crippen molar-refractivity contribution < 1.29 is 37.0 Å². The molecule has 0 saturated carbocycles. The Morgan fingerprint density at radius 1 is 0.977 bits per heavy atom. The number of amides is 3. The quantitative estimate of drug-likeness (QED) is 0.120. The van der Waals surface area contributed by atoms with Gasteiger partial charge in [-0.1, -0.05) is 18.2 Å². The van der Waals surface area contributed by atoms with E-state index in [4.69, 9.17) is 25.8 Å². The van der Waals surface area contributed by atoms with Crippen LogP contribution in [0.1, 0.15) is 12.0 Å². The molecule has 0 unspecified atom stereocenters. The normalized spacial score (nSPS) is 11.1. The summed E-state index contributed by atoms with van der Waals surface area (Å²) in [5.41, 5.74) is 0.0492. The zero-order valence-corrected chi connectivity index (χ0v) is 23.4. The predicted octanol–water partition coefficient (Wildman–Crippen LogP) is 7.28. The summed E-state index contributed by atoms with van der Waals surface area (Å²) in [6.45, 7) is 4.33. The number of hydrogen-bond donors (Lipinski definition) is 3. The molecule has 0 spiro atoms. The second-order valence-electron chi connectivity index (χ2n) is 8.83. The maximum atomic E-state index is 13.1. The van der Waals surface area contributed by atoms with Crippen molar-refractivity contribution in [2.75, 3.05) is 36.3 Å². The number of ether oxygens (including phenoxy) is 3. The van der Waals surface area contributed by atoms with Crippen LogP contribution in [0.5, 0.6) is 17.4 Å². The number of fused-ring (bicyclic) bond motifs is 1. The number of hydrogen-bond acceptors (Lipinski definition) is 7. The first-order chi connectivity index (χ1) is 20.6. The van der Waals surface area contributed by atoms with Gasteiger partial charge in [0, 0.05) is 37.6 Å². The average molecular weight is 616 g/mol. The van der Waals surface area contributed by atoms with Crippen LogP contribution < -0.4 is 25.4 Å². The summed E-state index contributed by atoms with van der Waals surface area (Å²) in [7, 11) is 1.59. The number of carbonyl (C=O) groups is 2. The van der Waals surface area contributed by atoms with E-state index in [-0.39, 0.29) is 11.6 Å². The fourth-order valence-corrected chi connectivity index (χ4v) is 3.98. The van der Waals surface area contributed by atoms with E-state index in [2.05, 4.69) is 32.5 Å². The van der Waals surface area contributed by atoms with Crippen molar-refractivity contribution in [3.63, 3.8) is 0 Å². The molecule has 3 aromatic carbocycles. The van der Waals surface area contributed by atoms with E-state index in [9.17, 15) is 22.8 Å². The number of carbonyl (C=O) groups excluding carboxylic acids is 2. The Kier molecular flexibility index (Phi) is 10.0. The molecule has 224 valence electrons. The summed E-state index contributed by atoms with van der Waals surface area (Å²) in [6.07, 6.45) is -1.59. The number of nitrogens with one attached hydrogen (secondary N) is 3. The SMILES string of the molecule is C=CC(=O)Nc1cc2c(Oc3ccc(NC(=O)Nc4ccc(Cl)c(C(F)(F)F)c4)cc3)ncnc2cc1OCCCOC. The molecule has 0 saturated heterocycles. The zero-order valence-electron chi connectivity index (χ0n) is 22.6. The van der Waals surface area contributed by atoms with Crippen LogP contribution >= 0.6 is 11.6 Å². The van der Waals surface area contributed by atoms with Gasteiger partial charge in [0.2, 0.25) is 11.8 Å². The predicted molar refractivity (Wildman–Crippen MR) is 156 cm³/mol. The summed E-state index contributed by atoms with van der Waals surface area (Å²) in [5, 5.41) is 7.58. The third-order valence-electron chi connectivity index (χ3n) is 5.75. The fourth-order valence-electron chi connectivity index (χ4n) is 3.76. The van der Waals surface area contributed by atoms with Crippen molar-refractivity contribution in [2.24, 2.45) is 0 Å². The molecule has 4 aromatic rings. The smallest absolute Gasteiger partial charge is 0.417 e. The number of nitrogens with zero attached hydrogens (tertiary/aromatic N) is 2. The Bertz CT molecular complexity index is 1630. The maximum absolute atomic E-state index is 13.1. The average Bonchev–Trinajstić information content (AvgIpc) is 2.97. The molecule has 14 heteroatoms. The standard InChI is InChI=1S/C29H25ClF3N5O5/c1-3-26(39)38-24-14-20-23(15-25(24)42-12-4-11-41-2)34-16-35-27(20)43-19-8-5-17(6-9-19)36-28(40)37-18-7-10-22(30)21(13-18)29(31,32)33/h3,5-10,13-16H,1,4,11-12H2,2H3,(H,38,39)(H2,36,37,40). The molecular weight excluding hydrogens is 591 g/mol. The highest BCUT2D eigenvalue weighted by Gasteiger charge is 2.33. The highest BCUT2D eigenvalue weighted by atomic mass is 35.5. The molecular formula is C29H25ClF3N5O5. The molecule has 4 rings (SSSR count). The number of aromatic nitrogens is 2. The molecule has 0 bridgehead atoms. The molecule has 10 nitrogen and oxygen atoms in total. The second kappa shape index (κ2) is 13.9. The van der Waals surface area contributed by atoms with Crippen molar-refractivity contribution in [3.05, 3.63) is 84.2 Å². The first-order valence-electron chi connectivity index (χ1n) is 12.6. The molecule has 3 amide bonds. The highest BCUT2D eigenvalue weighted by molar-refractivity contribution is 6.31. The van der Waals surface area contributed by atoms with Crippen molar-refractivity contribution >= 4 is 51.5 Å². The molecule has 0 aliphatic carbocycles. The van der Waals surface area contributed by atoms with Crippen molar-refractivity contribution in [1.82, 2.24) is 9.97 Å². The fraction of sp³-hybridized carbons (Fsp3) is 0.172. The minimum atomic E-state index is -4.67. The Morgan fingerprint density at radius 3 is 2.40 bits per heavy atom. The highest BCUT2D eigenvalue weighted by Crippen LogP contribution is 2.37. The molecule has 1 aromatic heterocycles. The third kappa shape index (κ3) is 8.33. The van der Waals surface area contributed by atoms with Gasteiger partial charge < -0.3 is 30.2 Å². The van der Waals surface area contributed by atoms with Gasteiger partial charge in [0.05, 0.1) is 33.8 Å². The molecule has 0 atom stereocenters. The van der Waals surface area contributed by atoms with Crippen LogP contribution in [0.3, 0.4) is 0 Å². The minimum Gasteiger partial charge on any atom is -0.491 e. The first-order valence-corrected chi connectivity index (χ1v) is 13.0. The van der Waals surface area contributed by atoms with Crippen LogP contribution in [0.2, 0.25) is 5.02 Å². The van der Waals surface area contributed by atoms with E-state index in [1.165, 1.54) is 24.5 Å². The lowest BCUT2D eigenvalue weighted by Gasteiger charge is -2.15. The minimum absolute atomic E-state index is 0.0861. The van der Waals surface area contributed by atoms with Gasteiger partial charge in [0.25, 0.3) is 0 Å². The van der Waals surface area contributed by atoms with Gasteiger partial charge in [-0.3, -0.25) is 4.79 Å². The van der Waals surface area contributed by atoms with Gasteiger partial charge in [-0.25, -0.2) is 14.8 Å². The van der Waals surface area contributed by atoms with Crippen molar-refractivity contribution in [2.45, 2.75) is 12.6 Å². The Morgan fingerprint density at radius 2 is 1.70 bits per heavy atom. The van der Waals surface area contributed by atoms with E-state index in [0.29, 0.717) is 53.4 Å². The van der Waals surface area contributed by atoms with Gasteiger partial charge in [0.15, 0.2) is 0 Å². The summed E-state index contributed by atoms with van der Waals surface area (Å²) in [6, 6.07) is 11.7. The summed E-state index contributed by atoms with van der Waals surface area (Å²) in [4.78, 5) is 32.9. The van der Waals surface area contributed by atoms with Crippen LogP contribution in [0, 0.1) is 0 Å². The first kappa shape index (κ1) is 31.1. The molecule has 0 aliphatic heterocycles. The Hall–Kier alpha value is -4.88. The van der Waals surface area contributed by atoms with Crippen LogP contribution in [-0.2, 0) is 15.7 Å². The van der Waals surface area contributed by atoms with Gasteiger partial charge in [0.1, 0.15) is 17.8 Å². The van der Waals surface area contributed by atoms with Gasteiger partial charge in [-0.05, 0) is 54.6 Å². The number of rotatable bonds is 11. The van der Waals surface area contributed by atoms with E-state index < -0.39 is 28.7 Å². The monoisotopic (exact) mass is 615 g/mol. The number of anilines is 3. The lowest BCUT2D eigenvalue weighted by atomic mass is 10.2. The number of alkyl halides is 3. The van der Waals surface area contributed by atoms with Crippen LogP contribution in [0.4, 0.5) is 35.0 Å². The summed E-state index contributed by atoms with van der Waals surface area (Å²) in [5.74, 6) is 0.497. The summed E-state index contributed by atoms with van der Waals surface area (Å²) < 4.78 is 56.1. The van der Waals surface area contributed by atoms with E-state index >= 15 is 0 Å². The van der Waals surface area contributed by atoms with Crippen molar-refractivity contribution in [3.8, 4) is 17.4 Å². The number of urea groups is 1. The topological polar surface area (TPSA) is 124 Å². The molecule has 0 fully saturated rings. The van der Waals surface area contributed by atoms with Crippen LogP contribution in [-0.4, -0.2) is 42.2 Å². The molecule has 0 aliphatic rings. The van der Waals surface area contributed by atoms with Crippen molar-refractivity contribution in [1.29, 1.82) is 0 Å². The molecule has 43 heavy (non-hydrogen) atoms. The second-order valence-corrected chi connectivity index (χ2v) is 9.24. The van der Waals surface area contributed by atoms with E-state index in [0.717, 1.165) is 18.2 Å². The number of halogens is 4. The van der Waals surface area contributed by atoms with Gasteiger partial charge >= 0.3 is 12.2 Å². The molecule has 0 radical (unpaired) electrons. The van der Waals surface area contributed by atoms with Gasteiger partial charge in [-0.15, -0.1) is 0 Å². The van der Waals surface area contributed by atoms with Crippen LogP contribution in [0.25, 0.3) is 10.9 Å². The zero-order chi connectivity index (χ0) is 31.0. The Balaban J connectivity index is 1.48. The molecule has 1 heterocycles. The Labute approximate surface area is 248 Å². The molecule has 3 N–H and O–H groups in total. The third-order valence-corrected chi connectivity index (χ3v) is 6.08. The summed E-state index contributed by atoms with van der Waals surface area (Å²) >= 11 is 5.62. The van der Waals surface area contributed by atoms with Gasteiger partial charge in [-0.2, -0.15) is 13.2 Å².